The molecule has 2 bridgehead atoms. The summed E-state index contributed by atoms with van der Waals surface area (Å²) in [5.74, 6) is 1.91. The largest absolute Gasteiger partial charge is 0.314 e. The van der Waals surface area contributed by atoms with E-state index in [4.69, 9.17) is 0 Å². The van der Waals surface area contributed by atoms with E-state index in [0.717, 1.165) is 11.8 Å². The summed E-state index contributed by atoms with van der Waals surface area (Å²) in [6.45, 7) is 7.29. The van der Waals surface area contributed by atoms with Crippen LogP contribution in [0.3, 0.4) is 0 Å². The molecule has 0 heterocycles. The standard InChI is InChI=1S/C11H21N/c1-10(2)8-5-6-9(7-8)11(10,3)12-4/h8-9,12H,5-7H2,1-4H3/t8-,9+,11-/m1/s1. The van der Waals surface area contributed by atoms with Gasteiger partial charge >= 0.3 is 0 Å². The van der Waals surface area contributed by atoms with E-state index in [1.807, 2.05) is 0 Å². The topological polar surface area (TPSA) is 12.0 Å². The normalized spacial score (nSPS) is 50.0. The average Bonchev–Trinajstić information content (AvgIpc) is 2.55. The lowest BCUT2D eigenvalue weighted by atomic mass is 9.64. The maximum absolute atomic E-state index is 3.56. The molecule has 2 aliphatic rings. The van der Waals surface area contributed by atoms with Crippen molar-refractivity contribution in [3.05, 3.63) is 0 Å². The fraction of sp³-hybridized carbons (Fsp3) is 1.00. The van der Waals surface area contributed by atoms with Gasteiger partial charge in [0, 0.05) is 5.54 Å². The van der Waals surface area contributed by atoms with Crippen molar-refractivity contribution in [1.82, 2.24) is 5.32 Å². The van der Waals surface area contributed by atoms with Crippen molar-refractivity contribution < 1.29 is 0 Å². The maximum atomic E-state index is 3.56. The number of hydrogen-bond donors (Lipinski definition) is 1. The van der Waals surface area contributed by atoms with Gasteiger partial charge in [0.2, 0.25) is 0 Å². The second kappa shape index (κ2) is 2.25. The first-order valence-electron chi connectivity index (χ1n) is 5.21. The minimum Gasteiger partial charge on any atom is -0.314 e. The Kier molecular flexibility index (Phi) is 1.61. The van der Waals surface area contributed by atoms with Gasteiger partial charge in [-0.25, -0.2) is 0 Å². The molecule has 2 aliphatic carbocycles. The van der Waals surface area contributed by atoms with Crippen molar-refractivity contribution in [2.75, 3.05) is 7.05 Å². The minimum absolute atomic E-state index is 0.399. The Hall–Kier alpha value is -0.0400. The van der Waals surface area contributed by atoms with Crippen LogP contribution in [0.25, 0.3) is 0 Å². The molecule has 0 saturated heterocycles. The summed E-state index contributed by atoms with van der Waals surface area (Å²) < 4.78 is 0. The number of nitrogens with one attached hydrogen (secondary N) is 1. The molecule has 0 unspecified atom stereocenters. The zero-order valence-corrected chi connectivity index (χ0v) is 8.78. The van der Waals surface area contributed by atoms with E-state index < -0.39 is 0 Å². The highest BCUT2D eigenvalue weighted by atomic mass is 15.0. The van der Waals surface area contributed by atoms with Gasteiger partial charge in [0.05, 0.1) is 0 Å². The maximum Gasteiger partial charge on any atom is 0.0232 e. The predicted molar refractivity (Wildman–Crippen MR) is 52.1 cm³/mol. The van der Waals surface area contributed by atoms with E-state index in [0.29, 0.717) is 11.0 Å². The van der Waals surface area contributed by atoms with Crippen LogP contribution in [0.2, 0.25) is 0 Å². The Bertz CT molecular complexity index is 197. The summed E-state index contributed by atoms with van der Waals surface area (Å²) in [6, 6.07) is 0. The molecule has 12 heavy (non-hydrogen) atoms. The number of hydrogen-bond acceptors (Lipinski definition) is 1. The summed E-state index contributed by atoms with van der Waals surface area (Å²) in [5, 5.41) is 3.56. The molecule has 2 saturated carbocycles. The highest BCUT2D eigenvalue weighted by Gasteiger charge is 2.59. The first kappa shape index (κ1) is 8.55. The first-order valence-corrected chi connectivity index (χ1v) is 5.21. The highest BCUT2D eigenvalue weighted by molar-refractivity contribution is 5.13. The second-order valence-corrected chi connectivity index (χ2v) is 5.38. The Morgan fingerprint density at radius 2 is 1.67 bits per heavy atom. The van der Waals surface area contributed by atoms with Crippen LogP contribution in [0, 0.1) is 17.3 Å². The SMILES string of the molecule is CN[C@]1(C)[C@H]2CC[C@H](C2)C1(C)C. The van der Waals surface area contributed by atoms with Gasteiger partial charge < -0.3 is 5.32 Å². The molecule has 0 amide bonds. The minimum atomic E-state index is 0.399. The monoisotopic (exact) mass is 167 g/mol. The lowest BCUT2D eigenvalue weighted by Crippen LogP contribution is -2.55. The molecule has 1 heteroatoms. The van der Waals surface area contributed by atoms with Gasteiger partial charge in [-0.15, -0.1) is 0 Å². The van der Waals surface area contributed by atoms with Crippen LogP contribution >= 0.6 is 0 Å². The van der Waals surface area contributed by atoms with Crippen LogP contribution < -0.4 is 5.32 Å². The Balaban J connectivity index is 2.34. The van der Waals surface area contributed by atoms with Crippen LogP contribution in [-0.4, -0.2) is 12.6 Å². The van der Waals surface area contributed by atoms with E-state index in [-0.39, 0.29) is 0 Å². The smallest absolute Gasteiger partial charge is 0.0232 e. The van der Waals surface area contributed by atoms with Gasteiger partial charge in [-0.1, -0.05) is 13.8 Å². The third kappa shape index (κ3) is 0.736. The number of fused-ring (bicyclic) bond motifs is 2. The average molecular weight is 167 g/mol. The van der Waals surface area contributed by atoms with Crippen LogP contribution in [0.5, 0.6) is 0 Å². The van der Waals surface area contributed by atoms with Gasteiger partial charge in [0.15, 0.2) is 0 Å². The summed E-state index contributed by atoms with van der Waals surface area (Å²) in [7, 11) is 2.13. The molecule has 1 nitrogen and oxygen atoms in total. The van der Waals surface area contributed by atoms with Gasteiger partial charge in [0.1, 0.15) is 0 Å². The van der Waals surface area contributed by atoms with Gasteiger partial charge in [-0.05, 0) is 50.5 Å². The molecule has 0 radical (unpaired) electrons. The van der Waals surface area contributed by atoms with E-state index in [9.17, 15) is 0 Å². The van der Waals surface area contributed by atoms with Crippen LogP contribution in [0.4, 0.5) is 0 Å². The van der Waals surface area contributed by atoms with Gasteiger partial charge in [-0.3, -0.25) is 0 Å². The summed E-state index contributed by atoms with van der Waals surface area (Å²) in [6.07, 6.45) is 4.38. The van der Waals surface area contributed by atoms with Crippen molar-refractivity contribution >= 4 is 0 Å². The molecule has 0 aliphatic heterocycles. The van der Waals surface area contributed by atoms with Gasteiger partial charge in [0.25, 0.3) is 0 Å². The van der Waals surface area contributed by atoms with Crippen molar-refractivity contribution in [1.29, 1.82) is 0 Å². The Morgan fingerprint density at radius 1 is 1.08 bits per heavy atom. The summed E-state index contributed by atoms with van der Waals surface area (Å²) in [5.41, 5.74) is 0.903. The van der Waals surface area contributed by atoms with Crippen molar-refractivity contribution in [2.45, 2.75) is 45.6 Å². The zero-order valence-electron chi connectivity index (χ0n) is 8.78. The molecule has 70 valence electrons. The first-order chi connectivity index (χ1) is 5.52. The van der Waals surface area contributed by atoms with Gasteiger partial charge in [-0.2, -0.15) is 0 Å². The lowest BCUT2D eigenvalue weighted by Gasteiger charge is -2.47. The highest BCUT2D eigenvalue weighted by Crippen LogP contribution is 2.60. The lowest BCUT2D eigenvalue weighted by molar-refractivity contribution is 0.0732. The van der Waals surface area contributed by atoms with E-state index in [1.54, 1.807) is 0 Å². The Morgan fingerprint density at radius 3 is 2.00 bits per heavy atom. The molecule has 0 spiro atoms. The summed E-state index contributed by atoms with van der Waals surface area (Å²) in [4.78, 5) is 0. The van der Waals surface area contributed by atoms with Crippen LogP contribution in [0.1, 0.15) is 40.0 Å². The van der Waals surface area contributed by atoms with Crippen molar-refractivity contribution in [2.24, 2.45) is 17.3 Å². The molecule has 3 atom stereocenters. The fourth-order valence-electron chi connectivity index (χ4n) is 3.64. The van der Waals surface area contributed by atoms with E-state index >= 15 is 0 Å². The predicted octanol–water partition coefficient (Wildman–Crippen LogP) is 2.42. The molecular formula is C11H21N. The van der Waals surface area contributed by atoms with Crippen LogP contribution in [-0.2, 0) is 0 Å². The molecule has 2 fully saturated rings. The molecule has 0 aromatic rings. The Labute approximate surface area is 75.9 Å². The van der Waals surface area contributed by atoms with E-state index in [1.165, 1.54) is 19.3 Å². The third-order valence-electron chi connectivity index (χ3n) is 5.13. The third-order valence-corrected chi connectivity index (χ3v) is 5.13. The van der Waals surface area contributed by atoms with Crippen molar-refractivity contribution in [3.63, 3.8) is 0 Å². The van der Waals surface area contributed by atoms with Crippen LogP contribution in [0.15, 0.2) is 0 Å². The molecular weight excluding hydrogens is 146 g/mol. The zero-order chi connectivity index (χ0) is 8.98. The molecule has 1 N–H and O–H groups in total. The molecule has 2 rings (SSSR count). The number of rotatable bonds is 1. The summed E-state index contributed by atoms with van der Waals surface area (Å²) >= 11 is 0. The van der Waals surface area contributed by atoms with Crippen molar-refractivity contribution in [3.8, 4) is 0 Å². The molecule has 0 aromatic heterocycles. The van der Waals surface area contributed by atoms with E-state index in [2.05, 4.69) is 33.1 Å². The quantitative estimate of drug-likeness (QED) is 0.632. The fourth-order valence-corrected chi connectivity index (χ4v) is 3.64. The second-order valence-electron chi connectivity index (χ2n) is 5.38. The molecule has 0 aromatic carbocycles.